The molecule has 1 atom stereocenters. The fourth-order valence-corrected chi connectivity index (χ4v) is 7.08. The molecular formula is C36H40F7N3O4. The van der Waals surface area contributed by atoms with Gasteiger partial charge in [0, 0.05) is 44.5 Å². The number of aliphatic carboxylic acids is 1. The van der Waals surface area contributed by atoms with Crippen LogP contribution in [0, 0.1) is 5.41 Å². The predicted molar refractivity (Wildman–Crippen MR) is 174 cm³/mol. The van der Waals surface area contributed by atoms with Gasteiger partial charge in [-0.05, 0) is 65.9 Å². The number of carboxylic acid groups (broad SMARTS) is 1. The third-order valence-electron chi connectivity index (χ3n) is 10.0. The number of amides is 1. The molecule has 2 aliphatic heterocycles. The lowest BCUT2D eigenvalue weighted by Gasteiger charge is -2.41. The predicted octanol–water partition coefficient (Wildman–Crippen LogP) is 6.81. The van der Waals surface area contributed by atoms with Crippen molar-refractivity contribution in [1.82, 2.24) is 15.1 Å². The molecule has 3 aromatic rings. The highest BCUT2D eigenvalue weighted by molar-refractivity contribution is 6.00. The summed E-state index contributed by atoms with van der Waals surface area (Å²) < 4.78 is 102. The van der Waals surface area contributed by atoms with E-state index >= 15 is 0 Å². The van der Waals surface area contributed by atoms with Crippen molar-refractivity contribution in [3.63, 3.8) is 0 Å². The van der Waals surface area contributed by atoms with Crippen molar-refractivity contribution in [1.29, 1.82) is 0 Å². The standard InChI is InChI=1S/C36H40F7N3O4/c1-50-29-10-3-5-23(11-16-45-19-14-35(39,40)15-20-45)31(29)27-9-4-7-25-24(6-2-8-26(25)27)21-28(32(47)48)44-33(49)34(36(41,42)43)12-17-46(18-13-34)22-30(37)38/h2-10,28,30H,11-22H2,1H3,(H,44,49)(H,47,48)/t28-/m0/s1. The molecule has 50 heavy (non-hydrogen) atoms. The summed E-state index contributed by atoms with van der Waals surface area (Å²) in [5, 5.41) is 13.5. The number of carbonyl (C=O) groups excluding carboxylic acids is 1. The Morgan fingerprint density at radius 1 is 0.880 bits per heavy atom. The number of carbonyl (C=O) groups is 2. The third kappa shape index (κ3) is 8.17. The normalized spacial score (nSPS) is 19.0. The molecule has 0 saturated carbocycles. The first kappa shape index (κ1) is 37.3. The first-order chi connectivity index (χ1) is 23.6. The van der Waals surface area contributed by atoms with Crippen molar-refractivity contribution in [2.24, 2.45) is 5.41 Å². The molecule has 1 amide bonds. The molecule has 2 heterocycles. The highest BCUT2D eigenvalue weighted by atomic mass is 19.4. The van der Waals surface area contributed by atoms with Gasteiger partial charge < -0.3 is 20.1 Å². The molecule has 0 bridgehead atoms. The molecule has 0 radical (unpaired) electrons. The molecule has 0 unspecified atom stereocenters. The Labute approximate surface area is 285 Å². The molecule has 2 fully saturated rings. The molecule has 5 rings (SSSR count). The third-order valence-corrected chi connectivity index (χ3v) is 10.0. The Balaban J connectivity index is 1.41. The topological polar surface area (TPSA) is 82.1 Å². The van der Waals surface area contributed by atoms with Gasteiger partial charge in [-0.1, -0.05) is 48.5 Å². The quantitative estimate of drug-likeness (QED) is 0.201. The van der Waals surface area contributed by atoms with E-state index < -0.39 is 61.2 Å². The van der Waals surface area contributed by atoms with E-state index in [1.54, 1.807) is 30.3 Å². The van der Waals surface area contributed by atoms with Crippen LogP contribution in [-0.2, 0) is 22.4 Å². The minimum Gasteiger partial charge on any atom is -0.496 e. The van der Waals surface area contributed by atoms with Crippen molar-refractivity contribution < 1.29 is 50.2 Å². The maximum absolute atomic E-state index is 14.4. The van der Waals surface area contributed by atoms with Gasteiger partial charge in [-0.2, -0.15) is 13.2 Å². The van der Waals surface area contributed by atoms with Gasteiger partial charge in [0.1, 0.15) is 17.2 Å². The summed E-state index contributed by atoms with van der Waals surface area (Å²) in [5.74, 6) is -5.11. The number of halogens is 7. The Morgan fingerprint density at radius 2 is 1.48 bits per heavy atom. The lowest BCUT2D eigenvalue weighted by molar-refractivity contribution is -0.233. The van der Waals surface area contributed by atoms with Crippen molar-refractivity contribution >= 4 is 22.6 Å². The van der Waals surface area contributed by atoms with E-state index in [0.29, 0.717) is 35.1 Å². The second-order valence-electron chi connectivity index (χ2n) is 13.1. The SMILES string of the molecule is COc1cccc(CCN2CCC(F)(F)CC2)c1-c1cccc2c(C[C@H](NC(=O)C3(C(F)(F)F)CCN(CC(F)F)CC3)C(=O)O)cccc12. The van der Waals surface area contributed by atoms with Crippen LogP contribution in [0.2, 0.25) is 0 Å². The summed E-state index contributed by atoms with van der Waals surface area (Å²) in [5.41, 5.74) is -0.0126. The van der Waals surface area contributed by atoms with E-state index in [0.717, 1.165) is 21.6 Å². The number of benzene rings is 3. The molecular weight excluding hydrogens is 671 g/mol. The van der Waals surface area contributed by atoms with Crippen LogP contribution in [0.1, 0.15) is 36.8 Å². The summed E-state index contributed by atoms with van der Waals surface area (Å²) in [6.07, 6.45) is -9.50. The lowest BCUT2D eigenvalue weighted by atomic mass is 9.76. The zero-order chi connectivity index (χ0) is 36.3. The van der Waals surface area contributed by atoms with Gasteiger partial charge in [-0.25, -0.2) is 22.4 Å². The minimum atomic E-state index is -5.03. The van der Waals surface area contributed by atoms with Gasteiger partial charge in [0.15, 0.2) is 0 Å². The van der Waals surface area contributed by atoms with Crippen LogP contribution in [0.25, 0.3) is 21.9 Å². The van der Waals surface area contributed by atoms with E-state index in [1.807, 2.05) is 29.2 Å². The van der Waals surface area contributed by atoms with Crippen LogP contribution in [0.15, 0.2) is 54.6 Å². The zero-order valence-corrected chi connectivity index (χ0v) is 27.5. The first-order valence-corrected chi connectivity index (χ1v) is 16.5. The summed E-state index contributed by atoms with van der Waals surface area (Å²) in [6, 6.07) is 14.4. The van der Waals surface area contributed by atoms with Gasteiger partial charge in [0.05, 0.1) is 13.7 Å². The molecule has 2 saturated heterocycles. The lowest BCUT2D eigenvalue weighted by Crippen LogP contribution is -2.59. The molecule has 0 aromatic heterocycles. The number of hydrogen-bond donors (Lipinski definition) is 2. The number of piperidine rings is 2. The molecule has 0 aliphatic carbocycles. The molecule has 3 aromatic carbocycles. The van der Waals surface area contributed by atoms with Crippen LogP contribution in [0.4, 0.5) is 30.7 Å². The Hall–Kier alpha value is -3.91. The number of nitrogens with zero attached hydrogens (tertiary/aromatic N) is 2. The maximum atomic E-state index is 14.4. The van der Waals surface area contributed by atoms with Crippen molar-refractivity contribution in [3.05, 3.63) is 65.7 Å². The molecule has 7 nitrogen and oxygen atoms in total. The second-order valence-corrected chi connectivity index (χ2v) is 13.1. The van der Waals surface area contributed by atoms with Gasteiger partial charge in [0.25, 0.3) is 12.3 Å². The monoisotopic (exact) mass is 711 g/mol. The van der Waals surface area contributed by atoms with E-state index in [2.05, 4.69) is 5.32 Å². The fourth-order valence-electron chi connectivity index (χ4n) is 7.08. The van der Waals surface area contributed by atoms with Crippen molar-refractivity contribution in [2.45, 2.75) is 63.1 Å². The van der Waals surface area contributed by atoms with Gasteiger partial charge in [-0.15, -0.1) is 0 Å². The highest BCUT2D eigenvalue weighted by Crippen LogP contribution is 2.47. The largest absolute Gasteiger partial charge is 0.496 e. The van der Waals surface area contributed by atoms with Crippen LogP contribution >= 0.6 is 0 Å². The fraction of sp³-hybridized carbons (Fsp3) is 0.500. The van der Waals surface area contributed by atoms with E-state index in [4.69, 9.17) is 4.74 Å². The van der Waals surface area contributed by atoms with Gasteiger partial charge >= 0.3 is 12.1 Å². The van der Waals surface area contributed by atoms with E-state index in [-0.39, 0.29) is 45.4 Å². The number of carboxylic acids is 1. The molecule has 272 valence electrons. The average molecular weight is 712 g/mol. The minimum absolute atomic E-state index is 0.195. The van der Waals surface area contributed by atoms with Crippen molar-refractivity contribution in [2.75, 3.05) is 46.4 Å². The van der Waals surface area contributed by atoms with Crippen molar-refractivity contribution in [3.8, 4) is 16.9 Å². The molecule has 2 N–H and O–H groups in total. The van der Waals surface area contributed by atoms with Gasteiger partial charge in [0.2, 0.25) is 5.91 Å². The molecule has 0 spiro atoms. The summed E-state index contributed by atoms with van der Waals surface area (Å²) in [4.78, 5) is 28.9. The van der Waals surface area contributed by atoms with Gasteiger partial charge in [-0.3, -0.25) is 9.69 Å². The number of nitrogens with one attached hydrogen (secondary N) is 1. The number of methoxy groups -OCH3 is 1. The van der Waals surface area contributed by atoms with Crippen LogP contribution in [0.5, 0.6) is 5.75 Å². The van der Waals surface area contributed by atoms with Crippen LogP contribution in [0.3, 0.4) is 0 Å². The number of alkyl halides is 7. The summed E-state index contributed by atoms with van der Waals surface area (Å²) >= 11 is 0. The Morgan fingerprint density at radius 3 is 2.10 bits per heavy atom. The summed E-state index contributed by atoms with van der Waals surface area (Å²) in [6.45, 7) is -0.373. The maximum Gasteiger partial charge on any atom is 0.403 e. The van der Waals surface area contributed by atoms with Crippen LogP contribution in [-0.4, -0.2) is 97.7 Å². The van der Waals surface area contributed by atoms with Crippen LogP contribution < -0.4 is 10.1 Å². The molecule has 14 heteroatoms. The zero-order valence-electron chi connectivity index (χ0n) is 27.5. The highest BCUT2D eigenvalue weighted by Gasteiger charge is 2.61. The van der Waals surface area contributed by atoms with E-state index in [1.165, 1.54) is 7.11 Å². The van der Waals surface area contributed by atoms with E-state index in [9.17, 15) is 45.4 Å². The number of ether oxygens (including phenoxy) is 1. The number of hydrogen-bond acceptors (Lipinski definition) is 5. The smallest absolute Gasteiger partial charge is 0.403 e. The summed E-state index contributed by atoms with van der Waals surface area (Å²) in [7, 11) is 1.53. The first-order valence-electron chi connectivity index (χ1n) is 16.5. The number of likely N-dealkylation sites (tertiary alicyclic amines) is 2. The number of rotatable bonds is 12. The average Bonchev–Trinajstić information content (AvgIpc) is 3.06. The number of fused-ring (bicyclic) bond motifs is 1. The molecule has 2 aliphatic rings. The Kier molecular flexibility index (Phi) is 11.3. The Bertz CT molecular complexity index is 1670. The second kappa shape index (κ2) is 15.1.